The Morgan fingerprint density at radius 3 is 2.94 bits per heavy atom. The molecule has 1 aromatic carbocycles. The molecule has 0 saturated carbocycles. The quantitative estimate of drug-likeness (QED) is 0.834. The maximum absolute atomic E-state index is 5.23. The van der Waals surface area contributed by atoms with E-state index in [1.807, 2.05) is 0 Å². The van der Waals surface area contributed by atoms with E-state index in [1.54, 1.807) is 7.11 Å². The summed E-state index contributed by atoms with van der Waals surface area (Å²) >= 11 is 3.57. The van der Waals surface area contributed by atoms with Gasteiger partial charge in [0.1, 0.15) is 0 Å². The van der Waals surface area contributed by atoms with Crippen LogP contribution in [0, 0.1) is 0 Å². The third kappa shape index (κ3) is 3.56. The van der Waals surface area contributed by atoms with Crippen LogP contribution < -0.4 is 0 Å². The first kappa shape index (κ1) is 14.0. The Morgan fingerprint density at radius 2 is 2.22 bits per heavy atom. The third-order valence-electron chi connectivity index (χ3n) is 3.74. The molecule has 1 saturated heterocycles. The zero-order chi connectivity index (χ0) is 13.0. The topological polar surface area (TPSA) is 12.5 Å². The molecule has 18 heavy (non-hydrogen) atoms. The molecule has 0 spiro atoms. The van der Waals surface area contributed by atoms with Crippen LogP contribution in [0.5, 0.6) is 0 Å². The lowest BCUT2D eigenvalue weighted by molar-refractivity contribution is 0.152. The molecule has 1 atom stereocenters. The predicted octanol–water partition coefficient (Wildman–Crippen LogP) is 3.97. The molecule has 2 nitrogen and oxygen atoms in total. The van der Waals surface area contributed by atoms with Gasteiger partial charge in [-0.15, -0.1) is 0 Å². The first-order chi connectivity index (χ1) is 8.70. The van der Waals surface area contributed by atoms with Crippen molar-refractivity contribution < 1.29 is 4.74 Å². The smallest absolute Gasteiger partial charge is 0.0724 e. The molecule has 1 aliphatic heterocycles. The fourth-order valence-electron chi connectivity index (χ4n) is 2.62. The van der Waals surface area contributed by atoms with Crippen LogP contribution in [0.3, 0.4) is 0 Å². The van der Waals surface area contributed by atoms with Gasteiger partial charge in [-0.25, -0.2) is 0 Å². The lowest BCUT2D eigenvalue weighted by atomic mass is 10.0. The molecule has 1 aliphatic rings. The van der Waals surface area contributed by atoms with Gasteiger partial charge in [-0.3, -0.25) is 4.90 Å². The van der Waals surface area contributed by atoms with E-state index in [4.69, 9.17) is 4.74 Å². The van der Waals surface area contributed by atoms with Gasteiger partial charge in [0.25, 0.3) is 0 Å². The maximum Gasteiger partial charge on any atom is 0.0724 e. The molecule has 1 aromatic rings. The molecule has 0 aromatic heterocycles. The highest BCUT2D eigenvalue weighted by Crippen LogP contribution is 2.23. The van der Waals surface area contributed by atoms with Crippen molar-refractivity contribution in [1.29, 1.82) is 0 Å². The van der Waals surface area contributed by atoms with E-state index in [1.165, 1.54) is 36.9 Å². The number of nitrogens with zero attached hydrogens (tertiary/aromatic N) is 1. The van der Waals surface area contributed by atoms with Crippen LogP contribution in [0.1, 0.15) is 37.3 Å². The number of halogens is 1. The van der Waals surface area contributed by atoms with Crippen LogP contribution in [0.2, 0.25) is 0 Å². The molecule has 0 amide bonds. The number of ether oxygens (including phenoxy) is 1. The lowest BCUT2D eigenvalue weighted by Crippen LogP contribution is -2.36. The fourth-order valence-corrected chi connectivity index (χ4v) is 2.98. The normalized spacial score (nSPS) is 21.2. The number of methoxy groups -OCH3 is 1. The summed E-state index contributed by atoms with van der Waals surface area (Å²) in [5.74, 6) is 0. The van der Waals surface area contributed by atoms with E-state index < -0.39 is 0 Å². The van der Waals surface area contributed by atoms with E-state index in [0.29, 0.717) is 12.6 Å². The van der Waals surface area contributed by atoms with Crippen molar-refractivity contribution in [1.82, 2.24) is 4.90 Å². The van der Waals surface area contributed by atoms with Crippen molar-refractivity contribution in [3.63, 3.8) is 0 Å². The van der Waals surface area contributed by atoms with E-state index in [2.05, 4.69) is 46.0 Å². The van der Waals surface area contributed by atoms with Crippen molar-refractivity contribution in [3.05, 3.63) is 33.8 Å². The van der Waals surface area contributed by atoms with Gasteiger partial charge in [0.15, 0.2) is 0 Å². The number of hydrogen-bond acceptors (Lipinski definition) is 2. The van der Waals surface area contributed by atoms with Crippen molar-refractivity contribution in [2.75, 3.05) is 13.7 Å². The molecule has 1 heterocycles. The van der Waals surface area contributed by atoms with Gasteiger partial charge in [0, 0.05) is 24.2 Å². The molecular weight excluding hydrogens is 290 g/mol. The van der Waals surface area contributed by atoms with E-state index in [9.17, 15) is 0 Å². The summed E-state index contributed by atoms with van der Waals surface area (Å²) in [5.41, 5.74) is 2.62. The van der Waals surface area contributed by atoms with Crippen LogP contribution in [-0.4, -0.2) is 24.6 Å². The van der Waals surface area contributed by atoms with E-state index >= 15 is 0 Å². The van der Waals surface area contributed by atoms with Crippen LogP contribution in [0.15, 0.2) is 22.7 Å². The Bertz CT molecular complexity index is 394. The Kier molecular flexibility index (Phi) is 5.22. The molecule has 0 aliphatic carbocycles. The number of hydrogen-bond donors (Lipinski definition) is 0. The minimum atomic E-state index is 0.671. The lowest BCUT2D eigenvalue weighted by Gasteiger charge is -2.33. The van der Waals surface area contributed by atoms with Gasteiger partial charge in [-0.05, 0) is 43.5 Å². The van der Waals surface area contributed by atoms with Crippen LogP contribution in [0.25, 0.3) is 0 Å². The summed E-state index contributed by atoms with van der Waals surface area (Å²) in [7, 11) is 1.74. The molecule has 1 fully saturated rings. The van der Waals surface area contributed by atoms with Gasteiger partial charge < -0.3 is 4.74 Å². The highest BCUT2D eigenvalue weighted by Gasteiger charge is 2.18. The van der Waals surface area contributed by atoms with Gasteiger partial charge in [0.2, 0.25) is 0 Å². The SMILES string of the molecule is COCc1cc(CN2CCCCC2C)ccc1Br. The third-order valence-corrected chi connectivity index (χ3v) is 4.51. The number of likely N-dealkylation sites (tertiary alicyclic amines) is 1. The molecule has 0 bridgehead atoms. The Labute approximate surface area is 118 Å². The Morgan fingerprint density at radius 1 is 1.39 bits per heavy atom. The second-order valence-corrected chi connectivity index (χ2v) is 6.03. The molecule has 0 N–H and O–H groups in total. The fraction of sp³-hybridized carbons (Fsp3) is 0.600. The van der Waals surface area contributed by atoms with Gasteiger partial charge in [0.05, 0.1) is 6.61 Å². The first-order valence-electron chi connectivity index (χ1n) is 6.71. The molecule has 0 radical (unpaired) electrons. The monoisotopic (exact) mass is 311 g/mol. The largest absolute Gasteiger partial charge is 0.380 e. The van der Waals surface area contributed by atoms with Crippen molar-refractivity contribution in [2.45, 2.75) is 45.4 Å². The number of rotatable bonds is 4. The average molecular weight is 312 g/mol. The van der Waals surface area contributed by atoms with Crippen LogP contribution >= 0.6 is 15.9 Å². The zero-order valence-corrected chi connectivity index (χ0v) is 12.9. The minimum absolute atomic E-state index is 0.671. The Hall–Kier alpha value is -0.380. The zero-order valence-electron chi connectivity index (χ0n) is 11.3. The summed E-state index contributed by atoms with van der Waals surface area (Å²) in [5, 5.41) is 0. The van der Waals surface area contributed by atoms with Gasteiger partial charge in [-0.2, -0.15) is 0 Å². The summed E-state index contributed by atoms with van der Waals surface area (Å²) in [6.45, 7) is 5.31. The van der Waals surface area contributed by atoms with Crippen molar-refractivity contribution in [2.24, 2.45) is 0 Å². The van der Waals surface area contributed by atoms with E-state index in [-0.39, 0.29) is 0 Å². The molecular formula is C15H22BrNO. The highest BCUT2D eigenvalue weighted by molar-refractivity contribution is 9.10. The van der Waals surface area contributed by atoms with Crippen LogP contribution in [-0.2, 0) is 17.9 Å². The number of benzene rings is 1. The molecule has 100 valence electrons. The van der Waals surface area contributed by atoms with Crippen molar-refractivity contribution >= 4 is 15.9 Å². The van der Waals surface area contributed by atoms with Crippen molar-refractivity contribution in [3.8, 4) is 0 Å². The Balaban J connectivity index is 2.06. The second-order valence-electron chi connectivity index (χ2n) is 5.17. The summed E-state index contributed by atoms with van der Waals surface area (Å²) in [4.78, 5) is 2.59. The standard InChI is InChI=1S/C15H22BrNO/c1-12-5-3-4-8-17(12)10-13-6-7-15(16)14(9-13)11-18-2/h6-7,9,12H,3-5,8,10-11H2,1-2H3. The average Bonchev–Trinajstić information content (AvgIpc) is 2.36. The minimum Gasteiger partial charge on any atom is -0.380 e. The molecule has 3 heteroatoms. The first-order valence-corrected chi connectivity index (χ1v) is 7.50. The summed E-state index contributed by atoms with van der Waals surface area (Å²) in [6.07, 6.45) is 4.06. The maximum atomic E-state index is 5.23. The summed E-state index contributed by atoms with van der Waals surface area (Å²) in [6, 6.07) is 7.32. The molecule has 2 rings (SSSR count). The van der Waals surface area contributed by atoms with Crippen LogP contribution in [0.4, 0.5) is 0 Å². The second kappa shape index (κ2) is 6.69. The van der Waals surface area contributed by atoms with Gasteiger partial charge >= 0.3 is 0 Å². The van der Waals surface area contributed by atoms with Gasteiger partial charge in [-0.1, -0.05) is 34.5 Å². The summed E-state index contributed by atoms with van der Waals surface area (Å²) < 4.78 is 6.37. The van der Waals surface area contributed by atoms with E-state index in [0.717, 1.165) is 11.0 Å². The predicted molar refractivity (Wildman–Crippen MR) is 78.6 cm³/mol. The highest BCUT2D eigenvalue weighted by atomic mass is 79.9. The molecule has 1 unspecified atom stereocenters. The number of piperidine rings is 1.